The number of carbonyl (C=O) groups excluding carboxylic acids is 1. The molecule has 2 unspecified atom stereocenters. The topological polar surface area (TPSA) is 80.9 Å². The van der Waals surface area contributed by atoms with E-state index in [0.29, 0.717) is 23.7 Å². The fourth-order valence-corrected chi connectivity index (χ4v) is 2.53. The van der Waals surface area contributed by atoms with E-state index in [9.17, 15) is 4.79 Å². The van der Waals surface area contributed by atoms with Crippen molar-refractivity contribution in [3.05, 3.63) is 23.0 Å². The highest BCUT2D eigenvalue weighted by Crippen LogP contribution is 2.25. The lowest BCUT2D eigenvalue weighted by atomic mass is 10.0. The summed E-state index contributed by atoms with van der Waals surface area (Å²) in [4.78, 5) is 12.2. The highest BCUT2D eigenvalue weighted by Gasteiger charge is 2.28. The maximum atomic E-state index is 12.2. The van der Waals surface area contributed by atoms with Gasteiger partial charge in [0.15, 0.2) is 0 Å². The van der Waals surface area contributed by atoms with Gasteiger partial charge >= 0.3 is 0 Å². The molecule has 0 spiro atoms. The minimum Gasteiger partial charge on any atom is -0.349 e. The Morgan fingerprint density at radius 2 is 2.22 bits per heavy atom. The van der Waals surface area contributed by atoms with E-state index in [1.165, 1.54) is 0 Å². The SMILES string of the molecule is Cc1cc(C(=O)NC2CCCC2CN)c(C)nn1. The zero-order valence-corrected chi connectivity index (χ0v) is 10.9. The number of aryl methyl sites for hydroxylation is 2. The standard InChI is InChI=1S/C13H20N4O/c1-8-6-11(9(2)17-16-8)13(18)15-12-5-3-4-10(12)7-14/h6,10,12H,3-5,7,14H2,1-2H3,(H,15,18). The first kappa shape index (κ1) is 13.0. The number of aromatic nitrogens is 2. The summed E-state index contributed by atoms with van der Waals surface area (Å²) in [5.74, 6) is 0.348. The van der Waals surface area contributed by atoms with Crippen LogP contribution in [0.3, 0.4) is 0 Å². The maximum absolute atomic E-state index is 12.2. The normalized spacial score (nSPS) is 23.1. The summed E-state index contributed by atoms with van der Waals surface area (Å²) in [6.45, 7) is 4.27. The molecule has 1 fully saturated rings. The van der Waals surface area contributed by atoms with Crippen LogP contribution in [0, 0.1) is 19.8 Å². The number of hydrogen-bond donors (Lipinski definition) is 2. The number of rotatable bonds is 3. The van der Waals surface area contributed by atoms with Gasteiger partial charge in [0.1, 0.15) is 0 Å². The third-order valence-electron chi connectivity index (χ3n) is 3.62. The summed E-state index contributed by atoms with van der Waals surface area (Å²) >= 11 is 0. The largest absolute Gasteiger partial charge is 0.349 e. The first-order chi connectivity index (χ1) is 8.61. The quantitative estimate of drug-likeness (QED) is 0.834. The number of nitrogens with zero attached hydrogens (tertiary/aromatic N) is 2. The van der Waals surface area contributed by atoms with Gasteiger partial charge in [0.05, 0.1) is 17.0 Å². The number of carbonyl (C=O) groups is 1. The van der Waals surface area contributed by atoms with Crippen molar-refractivity contribution in [2.45, 2.75) is 39.2 Å². The summed E-state index contributed by atoms with van der Waals surface area (Å²) in [7, 11) is 0. The van der Waals surface area contributed by atoms with Gasteiger partial charge in [-0.1, -0.05) is 6.42 Å². The Hall–Kier alpha value is -1.49. The van der Waals surface area contributed by atoms with Crippen LogP contribution < -0.4 is 11.1 Å². The van der Waals surface area contributed by atoms with E-state index < -0.39 is 0 Å². The van der Waals surface area contributed by atoms with Crippen LogP contribution in [-0.2, 0) is 0 Å². The Labute approximate surface area is 107 Å². The zero-order chi connectivity index (χ0) is 13.1. The number of amides is 1. The van der Waals surface area contributed by atoms with Gasteiger partial charge in [0.2, 0.25) is 0 Å². The van der Waals surface area contributed by atoms with Crippen molar-refractivity contribution in [3.8, 4) is 0 Å². The number of nitrogens with two attached hydrogens (primary N) is 1. The van der Waals surface area contributed by atoms with Crippen molar-refractivity contribution in [2.75, 3.05) is 6.54 Å². The van der Waals surface area contributed by atoms with E-state index >= 15 is 0 Å². The lowest BCUT2D eigenvalue weighted by Gasteiger charge is -2.19. The molecule has 1 aromatic rings. The minimum atomic E-state index is -0.0594. The highest BCUT2D eigenvalue weighted by atomic mass is 16.1. The molecule has 18 heavy (non-hydrogen) atoms. The summed E-state index contributed by atoms with van der Waals surface area (Å²) in [6.07, 6.45) is 3.26. The third-order valence-corrected chi connectivity index (χ3v) is 3.62. The Morgan fingerprint density at radius 1 is 1.44 bits per heavy atom. The fourth-order valence-electron chi connectivity index (χ4n) is 2.53. The van der Waals surface area contributed by atoms with Crippen molar-refractivity contribution in [3.63, 3.8) is 0 Å². The lowest BCUT2D eigenvalue weighted by molar-refractivity contribution is 0.0927. The van der Waals surface area contributed by atoms with E-state index in [2.05, 4.69) is 15.5 Å². The molecule has 3 N–H and O–H groups in total. The summed E-state index contributed by atoms with van der Waals surface area (Å²) in [5, 5.41) is 11.0. The van der Waals surface area contributed by atoms with Crippen LogP contribution in [0.4, 0.5) is 0 Å². The smallest absolute Gasteiger partial charge is 0.253 e. The van der Waals surface area contributed by atoms with E-state index in [4.69, 9.17) is 5.73 Å². The van der Waals surface area contributed by atoms with Crippen molar-refractivity contribution in [2.24, 2.45) is 11.7 Å². The summed E-state index contributed by atoms with van der Waals surface area (Å²) in [6, 6.07) is 1.99. The Morgan fingerprint density at radius 3 is 2.94 bits per heavy atom. The minimum absolute atomic E-state index is 0.0594. The van der Waals surface area contributed by atoms with Crippen molar-refractivity contribution in [1.29, 1.82) is 0 Å². The molecule has 1 aliphatic rings. The van der Waals surface area contributed by atoms with Crippen LogP contribution in [0.5, 0.6) is 0 Å². The van der Waals surface area contributed by atoms with Gasteiger partial charge in [-0.3, -0.25) is 4.79 Å². The molecule has 0 bridgehead atoms. The number of hydrogen-bond acceptors (Lipinski definition) is 4. The molecule has 5 heteroatoms. The number of nitrogens with one attached hydrogen (secondary N) is 1. The van der Waals surface area contributed by atoms with E-state index in [1.54, 1.807) is 13.0 Å². The van der Waals surface area contributed by atoms with Crippen LogP contribution in [-0.4, -0.2) is 28.7 Å². The monoisotopic (exact) mass is 248 g/mol. The van der Waals surface area contributed by atoms with Crippen LogP contribution in [0.25, 0.3) is 0 Å². The lowest BCUT2D eigenvalue weighted by Crippen LogP contribution is -2.40. The van der Waals surface area contributed by atoms with Gasteiger partial charge in [0, 0.05) is 6.04 Å². The Kier molecular flexibility index (Phi) is 3.91. The molecule has 2 rings (SSSR count). The van der Waals surface area contributed by atoms with E-state index in [0.717, 1.165) is 25.0 Å². The molecule has 1 saturated carbocycles. The summed E-state index contributed by atoms with van der Waals surface area (Å²) < 4.78 is 0. The molecule has 0 aromatic carbocycles. The second-order valence-electron chi connectivity index (χ2n) is 4.99. The van der Waals surface area contributed by atoms with Gasteiger partial charge in [0.25, 0.3) is 5.91 Å². The molecule has 1 heterocycles. The molecule has 0 radical (unpaired) electrons. The second-order valence-corrected chi connectivity index (χ2v) is 4.99. The van der Waals surface area contributed by atoms with Crippen LogP contribution in [0.2, 0.25) is 0 Å². The van der Waals surface area contributed by atoms with E-state index in [-0.39, 0.29) is 11.9 Å². The molecule has 1 aromatic heterocycles. The third kappa shape index (κ3) is 2.67. The molecular weight excluding hydrogens is 228 g/mol. The zero-order valence-electron chi connectivity index (χ0n) is 10.9. The maximum Gasteiger partial charge on any atom is 0.253 e. The molecular formula is C13H20N4O. The van der Waals surface area contributed by atoms with Crippen LogP contribution >= 0.6 is 0 Å². The van der Waals surface area contributed by atoms with Gasteiger partial charge in [-0.05, 0) is 45.2 Å². The molecule has 5 nitrogen and oxygen atoms in total. The first-order valence-corrected chi connectivity index (χ1v) is 6.43. The van der Waals surface area contributed by atoms with Crippen molar-refractivity contribution in [1.82, 2.24) is 15.5 Å². The molecule has 0 aliphatic heterocycles. The first-order valence-electron chi connectivity index (χ1n) is 6.43. The predicted octanol–water partition coefficient (Wildman–Crippen LogP) is 0.951. The second kappa shape index (κ2) is 5.44. The average Bonchev–Trinajstić information content (AvgIpc) is 2.79. The predicted molar refractivity (Wildman–Crippen MR) is 69.2 cm³/mol. The Balaban J connectivity index is 2.09. The van der Waals surface area contributed by atoms with Crippen LogP contribution in [0.1, 0.15) is 41.0 Å². The molecule has 98 valence electrons. The van der Waals surface area contributed by atoms with Gasteiger partial charge in [-0.2, -0.15) is 10.2 Å². The average molecular weight is 248 g/mol. The summed E-state index contributed by atoms with van der Waals surface area (Å²) in [5.41, 5.74) is 7.76. The van der Waals surface area contributed by atoms with Crippen molar-refractivity contribution < 1.29 is 4.79 Å². The van der Waals surface area contributed by atoms with Gasteiger partial charge < -0.3 is 11.1 Å². The van der Waals surface area contributed by atoms with E-state index in [1.807, 2.05) is 6.92 Å². The molecule has 1 aliphatic carbocycles. The van der Waals surface area contributed by atoms with Crippen molar-refractivity contribution >= 4 is 5.91 Å². The van der Waals surface area contributed by atoms with Crippen LogP contribution in [0.15, 0.2) is 6.07 Å². The Bertz CT molecular complexity index is 447. The highest BCUT2D eigenvalue weighted by molar-refractivity contribution is 5.95. The molecule has 2 atom stereocenters. The molecule has 0 saturated heterocycles. The van der Waals surface area contributed by atoms with Gasteiger partial charge in [-0.15, -0.1) is 0 Å². The molecule has 1 amide bonds. The van der Waals surface area contributed by atoms with Gasteiger partial charge in [-0.25, -0.2) is 0 Å². The fraction of sp³-hybridized carbons (Fsp3) is 0.615.